The molecule has 0 heterocycles. The minimum atomic E-state index is -0.811. The lowest BCUT2D eigenvalue weighted by molar-refractivity contribution is -0.126. The summed E-state index contributed by atoms with van der Waals surface area (Å²) in [5.74, 6) is 0.766. The number of halogens is 1. The van der Waals surface area contributed by atoms with E-state index in [0.29, 0.717) is 27.8 Å². The van der Waals surface area contributed by atoms with Gasteiger partial charge in [-0.2, -0.15) is 0 Å². The fourth-order valence-electron chi connectivity index (χ4n) is 2.54. The standard InChI is InChI=1S/C20H23ClN2O4/c1-12-9-13(2)18(16(21)10-12)23-20(24)14(3)27-22-11-15-7-6-8-17(25-4)19(15)26-5/h6-11,14H,1-5H3,(H,23,24). The van der Waals surface area contributed by atoms with E-state index >= 15 is 0 Å². The number of oxime groups is 1. The molecule has 1 unspecified atom stereocenters. The fourth-order valence-corrected chi connectivity index (χ4v) is 2.91. The number of methoxy groups -OCH3 is 2. The van der Waals surface area contributed by atoms with E-state index in [1.54, 1.807) is 45.4 Å². The summed E-state index contributed by atoms with van der Waals surface area (Å²) in [5.41, 5.74) is 3.14. The monoisotopic (exact) mass is 390 g/mol. The van der Waals surface area contributed by atoms with E-state index in [4.69, 9.17) is 25.9 Å². The molecule has 1 atom stereocenters. The number of carbonyl (C=O) groups excluding carboxylic acids is 1. The molecule has 2 aromatic carbocycles. The third-order valence-electron chi connectivity index (χ3n) is 3.89. The number of amides is 1. The van der Waals surface area contributed by atoms with Gasteiger partial charge in [0.15, 0.2) is 11.5 Å². The lowest BCUT2D eigenvalue weighted by Gasteiger charge is -2.14. The summed E-state index contributed by atoms with van der Waals surface area (Å²) in [6.45, 7) is 5.43. The average Bonchev–Trinajstić information content (AvgIpc) is 2.63. The Morgan fingerprint density at radius 1 is 1.22 bits per heavy atom. The Morgan fingerprint density at radius 3 is 2.59 bits per heavy atom. The molecule has 144 valence electrons. The summed E-state index contributed by atoms with van der Waals surface area (Å²) in [4.78, 5) is 17.6. The number of carbonyl (C=O) groups is 1. The van der Waals surface area contributed by atoms with Crippen LogP contribution in [0.25, 0.3) is 0 Å². The van der Waals surface area contributed by atoms with Gasteiger partial charge in [-0.1, -0.05) is 28.9 Å². The molecule has 1 amide bonds. The second-order valence-corrected chi connectivity index (χ2v) is 6.40. The molecular formula is C20H23ClN2O4. The van der Waals surface area contributed by atoms with Gasteiger partial charge >= 0.3 is 0 Å². The normalized spacial score (nSPS) is 11.9. The summed E-state index contributed by atoms with van der Waals surface area (Å²) in [5, 5.41) is 7.16. The minimum absolute atomic E-state index is 0.349. The molecule has 2 rings (SSSR count). The number of hydrogen-bond donors (Lipinski definition) is 1. The Balaban J connectivity index is 2.05. The first kappa shape index (κ1) is 20.6. The number of benzene rings is 2. The topological polar surface area (TPSA) is 69.2 Å². The number of nitrogens with zero attached hydrogens (tertiary/aromatic N) is 1. The maximum absolute atomic E-state index is 12.4. The van der Waals surface area contributed by atoms with Crippen LogP contribution in [0.1, 0.15) is 23.6 Å². The zero-order valence-electron chi connectivity index (χ0n) is 16.0. The van der Waals surface area contributed by atoms with Crippen molar-refractivity contribution in [2.75, 3.05) is 19.5 Å². The number of rotatable bonds is 7. The highest BCUT2D eigenvalue weighted by Gasteiger charge is 2.17. The summed E-state index contributed by atoms with van der Waals surface area (Å²) < 4.78 is 10.6. The summed E-state index contributed by atoms with van der Waals surface area (Å²) >= 11 is 6.22. The van der Waals surface area contributed by atoms with E-state index in [0.717, 1.165) is 11.1 Å². The van der Waals surface area contributed by atoms with Crippen LogP contribution in [-0.2, 0) is 9.63 Å². The van der Waals surface area contributed by atoms with Crippen LogP contribution in [0.5, 0.6) is 11.5 Å². The molecule has 0 saturated carbocycles. The summed E-state index contributed by atoms with van der Waals surface area (Å²) in [6, 6.07) is 9.12. The third-order valence-corrected chi connectivity index (χ3v) is 4.19. The van der Waals surface area contributed by atoms with E-state index < -0.39 is 6.10 Å². The number of ether oxygens (including phenoxy) is 2. The van der Waals surface area contributed by atoms with Gasteiger partial charge in [-0.05, 0) is 50.1 Å². The second kappa shape index (κ2) is 9.28. The van der Waals surface area contributed by atoms with Crippen LogP contribution in [0.4, 0.5) is 5.69 Å². The van der Waals surface area contributed by atoms with Crippen molar-refractivity contribution < 1.29 is 19.1 Å². The van der Waals surface area contributed by atoms with Crippen molar-refractivity contribution in [3.63, 3.8) is 0 Å². The zero-order chi connectivity index (χ0) is 20.0. The highest BCUT2D eigenvalue weighted by Crippen LogP contribution is 2.29. The maximum Gasteiger partial charge on any atom is 0.268 e. The molecule has 0 bridgehead atoms. The average molecular weight is 391 g/mol. The largest absolute Gasteiger partial charge is 0.493 e. The number of nitrogens with one attached hydrogen (secondary N) is 1. The van der Waals surface area contributed by atoms with Gasteiger partial charge in [-0.25, -0.2) is 0 Å². The van der Waals surface area contributed by atoms with Gasteiger partial charge in [0.2, 0.25) is 6.10 Å². The smallest absolute Gasteiger partial charge is 0.268 e. The Labute approximate surface area is 164 Å². The first-order chi connectivity index (χ1) is 12.9. The van der Waals surface area contributed by atoms with Crippen molar-refractivity contribution >= 4 is 29.4 Å². The van der Waals surface area contributed by atoms with Crippen LogP contribution in [0.2, 0.25) is 5.02 Å². The lowest BCUT2D eigenvalue weighted by atomic mass is 10.1. The molecule has 0 aromatic heterocycles. The highest BCUT2D eigenvalue weighted by atomic mass is 35.5. The molecule has 6 nitrogen and oxygen atoms in total. The zero-order valence-corrected chi connectivity index (χ0v) is 16.8. The molecule has 0 radical (unpaired) electrons. The Hall–Kier alpha value is -2.73. The van der Waals surface area contributed by atoms with E-state index in [1.807, 2.05) is 19.9 Å². The molecule has 0 aliphatic carbocycles. The molecule has 0 fully saturated rings. The van der Waals surface area contributed by atoms with Gasteiger partial charge in [0.1, 0.15) is 0 Å². The van der Waals surface area contributed by atoms with Crippen LogP contribution in [0.3, 0.4) is 0 Å². The van der Waals surface area contributed by atoms with Crippen molar-refractivity contribution in [3.8, 4) is 11.5 Å². The molecular weight excluding hydrogens is 368 g/mol. The third kappa shape index (κ3) is 5.14. The first-order valence-electron chi connectivity index (χ1n) is 8.35. The van der Waals surface area contributed by atoms with Crippen molar-refractivity contribution in [2.24, 2.45) is 5.16 Å². The number of anilines is 1. The van der Waals surface area contributed by atoms with E-state index in [-0.39, 0.29) is 5.91 Å². The molecule has 0 saturated heterocycles. The summed E-state index contributed by atoms with van der Waals surface area (Å²) in [7, 11) is 3.10. The molecule has 1 N–H and O–H groups in total. The number of para-hydroxylation sites is 1. The van der Waals surface area contributed by atoms with E-state index in [1.165, 1.54) is 6.21 Å². The van der Waals surface area contributed by atoms with Crippen LogP contribution in [0, 0.1) is 13.8 Å². The van der Waals surface area contributed by atoms with Gasteiger partial charge < -0.3 is 19.6 Å². The number of hydrogen-bond acceptors (Lipinski definition) is 5. The lowest BCUT2D eigenvalue weighted by Crippen LogP contribution is -2.27. The highest BCUT2D eigenvalue weighted by molar-refractivity contribution is 6.34. The Morgan fingerprint density at radius 2 is 1.96 bits per heavy atom. The predicted octanol–water partition coefficient (Wildman–Crippen LogP) is 4.35. The Bertz CT molecular complexity index is 829. The maximum atomic E-state index is 12.4. The van der Waals surface area contributed by atoms with Crippen molar-refractivity contribution in [1.82, 2.24) is 0 Å². The fraction of sp³-hybridized carbons (Fsp3) is 0.300. The van der Waals surface area contributed by atoms with Gasteiger partial charge in [0, 0.05) is 5.56 Å². The molecule has 27 heavy (non-hydrogen) atoms. The van der Waals surface area contributed by atoms with Crippen molar-refractivity contribution in [1.29, 1.82) is 0 Å². The van der Waals surface area contributed by atoms with Gasteiger partial charge in [-0.3, -0.25) is 4.79 Å². The molecule has 0 spiro atoms. The SMILES string of the molecule is COc1cccc(C=NOC(C)C(=O)Nc2c(C)cc(C)cc2Cl)c1OC. The van der Waals surface area contributed by atoms with Crippen LogP contribution in [0.15, 0.2) is 35.5 Å². The molecule has 0 aliphatic heterocycles. The van der Waals surface area contributed by atoms with Crippen LogP contribution >= 0.6 is 11.6 Å². The van der Waals surface area contributed by atoms with Crippen LogP contribution < -0.4 is 14.8 Å². The predicted molar refractivity (Wildman–Crippen MR) is 107 cm³/mol. The first-order valence-corrected chi connectivity index (χ1v) is 8.73. The minimum Gasteiger partial charge on any atom is -0.493 e. The molecule has 2 aromatic rings. The second-order valence-electron chi connectivity index (χ2n) is 5.99. The van der Waals surface area contributed by atoms with Crippen molar-refractivity contribution in [3.05, 3.63) is 52.0 Å². The quantitative estimate of drug-likeness (QED) is 0.563. The number of aryl methyl sites for hydroxylation is 2. The van der Waals surface area contributed by atoms with Crippen LogP contribution in [-0.4, -0.2) is 32.4 Å². The van der Waals surface area contributed by atoms with E-state index in [9.17, 15) is 4.79 Å². The summed E-state index contributed by atoms with van der Waals surface area (Å²) in [6.07, 6.45) is 0.657. The molecule has 7 heteroatoms. The van der Waals surface area contributed by atoms with Gasteiger partial charge in [-0.15, -0.1) is 0 Å². The molecule has 0 aliphatic rings. The van der Waals surface area contributed by atoms with Gasteiger partial charge in [0.25, 0.3) is 5.91 Å². The Kier molecular flexibility index (Phi) is 7.07. The van der Waals surface area contributed by atoms with Crippen molar-refractivity contribution in [2.45, 2.75) is 26.9 Å². The van der Waals surface area contributed by atoms with Gasteiger partial charge in [0.05, 0.1) is 31.1 Å². The van der Waals surface area contributed by atoms with E-state index in [2.05, 4.69) is 10.5 Å².